The zero-order valence-electron chi connectivity index (χ0n) is 54.1. The smallest absolute Gasteiger partial charge is 0.333 e. The highest BCUT2D eigenvalue weighted by atomic mass is 32.1. The van der Waals surface area contributed by atoms with Crippen molar-refractivity contribution in [1.82, 2.24) is 0 Å². The predicted octanol–water partition coefficient (Wildman–Crippen LogP) is 17.4. The second-order valence-electron chi connectivity index (χ2n) is 26.3. The minimum absolute atomic E-state index is 0.0892. The molecule has 2 aromatic heterocycles. The largest absolute Gasteiger partial charge is 0.459 e. The Labute approximate surface area is 591 Å². The van der Waals surface area contributed by atoms with Gasteiger partial charge in [-0.05, 0) is 160 Å². The third kappa shape index (κ3) is 9.91. The van der Waals surface area contributed by atoms with E-state index in [-0.39, 0.29) is 82.1 Å². The number of benzene rings is 10. The van der Waals surface area contributed by atoms with Gasteiger partial charge in [0, 0.05) is 64.7 Å². The van der Waals surface area contributed by atoms with E-state index in [1.807, 2.05) is 170 Å². The van der Waals surface area contributed by atoms with E-state index < -0.39 is 69.7 Å². The molecule has 102 heavy (non-hydrogen) atoms. The summed E-state index contributed by atoms with van der Waals surface area (Å²) in [6, 6.07) is 70.4. The maximum Gasteiger partial charge on any atom is 0.333 e. The van der Waals surface area contributed by atoms with Gasteiger partial charge in [-0.15, -0.1) is 22.7 Å². The second-order valence-corrected chi connectivity index (χ2v) is 28.5. The van der Waals surface area contributed by atoms with E-state index in [0.29, 0.717) is 52.9 Å². The third-order valence-corrected chi connectivity index (χ3v) is 22.6. The van der Waals surface area contributed by atoms with Crippen molar-refractivity contribution in [3.8, 4) is 0 Å². The Kier molecular flexibility index (Phi) is 14.7. The molecule has 18 rings (SSSR count). The molecular formula is C88H54O12S2. The average Bonchev–Trinajstić information content (AvgIpc) is 1.52. The molecule has 6 aliphatic rings. The van der Waals surface area contributed by atoms with E-state index >= 15 is 19.2 Å². The first kappa shape index (κ1) is 61.9. The number of thiophene rings is 2. The van der Waals surface area contributed by atoms with Gasteiger partial charge < -0.3 is 18.9 Å². The minimum Gasteiger partial charge on any atom is -0.459 e. The molecule has 0 radical (unpaired) electrons. The number of Topliss-reactive ketones (excluding diaryl/α,β-unsaturated/α-hetero) is 4. The molecule has 0 saturated carbocycles. The number of fused-ring (bicyclic) bond motifs is 13. The van der Waals surface area contributed by atoms with E-state index in [1.165, 1.54) is 34.8 Å². The molecule has 2 atom stereocenters. The first-order valence-electron chi connectivity index (χ1n) is 33.4. The van der Waals surface area contributed by atoms with Crippen molar-refractivity contribution in [1.29, 1.82) is 0 Å². The number of esters is 4. The fourth-order valence-electron chi connectivity index (χ4n) is 15.4. The molecule has 0 amide bonds. The van der Waals surface area contributed by atoms with Crippen molar-refractivity contribution >= 4 is 136 Å². The molecule has 6 aliphatic carbocycles. The SMILES string of the molecule is O=C1C(=Cc2cc3c(s2)C2=CC4C=C5C(=CC4C=C2C3(C(=O)OCc2ccccc2)C(=O)OCc2ccccc2)c2sc(C=C3C(=O)c4cc6cc7ccccc7cc6cc4C3=O)cc2C5(C(=O)OCc2ccccc2)C(=O)OCc2ccccc2)C(=O)c2cc3cc4ccccc4cc3cc21. The number of allylic oxidation sites excluding steroid dienone is 8. The molecule has 0 bridgehead atoms. The van der Waals surface area contributed by atoms with Gasteiger partial charge in [0.1, 0.15) is 26.4 Å². The van der Waals surface area contributed by atoms with Crippen LogP contribution in [0.4, 0.5) is 0 Å². The molecule has 0 aliphatic heterocycles. The molecule has 12 nitrogen and oxygen atoms in total. The van der Waals surface area contributed by atoms with Crippen LogP contribution in [0.3, 0.4) is 0 Å². The van der Waals surface area contributed by atoms with Gasteiger partial charge in [-0.25, -0.2) is 0 Å². The van der Waals surface area contributed by atoms with Gasteiger partial charge in [0.05, 0.1) is 11.1 Å². The van der Waals surface area contributed by atoms with Gasteiger partial charge in [-0.1, -0.05) is 194 Å². The summed E-state index contributed by atoms with van der Waals surface area (Å²) in [5.41, 5.74) is 0.687. The summed E-state index contributed by atoms with van der Waals surface area (Å²) < 4.78 is 25.4. The van der Waals surface area contributed by atoms with E-state index in [0.717, 1.165) is 43.1 Å². The summed E-state index contributed by atoms with van der Waals surface area (Å²) in [4.78, 5) is 124. The van der Waals surface area contributed by atoms with Crippen molar-refractivity contribution < 1.29 is 57.3 Å². The van der Waals surface area contributed by atoms with Crippen molar-refractivity contribution in [2.75, 3.05) is 0 Å². The topological polar surface area (TPSA) is 173 Å². The lowest BCUT2D eigenvalue weighted by Crippen LogP contribution is -2.47. The summed E-state index contributed by atoms with van der Waals surface area (Å²) in [6.45, 7) is -0.876. The number of hydrogen-bond donors (Lipinski definition) is 0. The second kappa shape index (κ2) is 24.2. The first-order valence-corrected chi connectivity index (χ1v) is 35.0. The summed E-state index contributed by atoms with van der Waals surface area (Å²) in [5.74, 6) is -7.02. The highest BCUT2D eigenvalue weighted by Crippen LogP contribution is 2.62. The molecule has 0 N–H and O–H groups in total. The van der Waals surface area contributed by atoms with Crippen LogP contribution in [-0.2, 0) is 75.4 Å². The van der Waals surface area contributed by atoms with Crippen LogP contribution in [0.15, 0.2) is 277 Å². The van der Waals surface area contributed by atoms with Crippen LogP contribution < -0.4 is 0 Å². The van der Waals surface area contributed by atoms with Gasteiger partial charge in [0.25, 0.3) is 0 Å². The number of ether oxygens (including phenoxy) is 4. The van der Waals surface area contributed by atoms with Gasteiger partial charge in [-0.3, -0.25) is 38.4 Å². The Morgan fingerprint density at radius 2 is 0.588 bits per heavy atom. The zero-order valence-corrected chi connectivity index (χ0v) is 55.7. The normalized spacial score (nSPS) is 17.0. The highest BCUT2D eigenvalue weighted by molar-refractivity contribution is 7.15. The van der Waals surface area contributed by atoms with Crippen LogP contribution in [-0.4, -0.2) is 47.0 Å². The number of rotatable bonds is 14. The van der Waals surface area contributed by atoms with E-state index in [2.05, 4.69) is 0 Å². The lowest BCUT2D eigenvalue weighted by atomic mass is 9.68. The molecule has 2 heterocycles. The van der Waals surface area contributed by atoms with Crippen LogP contribution in [0.2, 0.25) is 0 Å². The molecule has 2 unspecified atom stereocenters. The van der Waals surface area contributed by atoms with Crippen LogP contribution in [0, 0.1) is 11.8 Å². The summed E-state index contributed by atoms with van der Waals surface area (Å²) >= 11 is 2.37. The van der Waals surface area contributed by atoms with E-state index in [4.69, 9.17) is 18.9 Å². The maximum absolute atomic E-state index is 16.0. The molecule has 0 fully saturated rings. The Balaban J connectivity index is 0.800. The molecule has 14 heteroatoms. The monoisotopic (exact) mass is 1370 g/mol. The standard InChI is InChI=1S/C88H54O12S2/c89-77-65-33-57-29-53-25-13-14-26-54(53)30-58(57)34-66(65)78(90)71(77)41-63-43-75-81(101-63)69-37-62-40-74-70(38-61(62)39-73(69)87(75,83(93)97-45-49-17-5-1-6-18-49)84(94)98-46-50-19-7-2-8-20-50)82-76(88(74,85(95)99-47-51-21-9-3-10-22-51)86(96)100-48-52-23-11-4-12-24-52)44-64(102-82)42-72-79(91)67-35-59-31-55-27-15-16-28-56(55)32-60(59)36-68(67)80(72)92/h1-44,61-62H,45-48H2. The lowest BCUT2D eigenvalue weighted by Gasteiger charge is -2.35. The van der Waals surface area contributed by atoms with Crippen molar-refractivity contribution in [3.05, 3.63) is 352 Å². The van der Waals surface area contributed by atoms with Crippen LogP contribution >= 0.6 is 22.7 Å². The van der Waals surface area contributed by atoms with E-state index in [1.54, 1.807) is 84.9 Å². The van der Waals surface area contributed by atoms with Gasteiger partial charge >= 0.3 is 23.9 Å². The molecule has 10 aromatic carbocycles. The minimum atomic E-state index is -2.32. The van der Waals surface area contributed by atoms with Crippen molar-refractivity contribution in [2.24, 2.45) is 11.8 Å². The summed E-state index contributed by atoms with van der Waals surface area (Å²) in [7, 11) is 0. The van der Waals surface area contributed by atoms with Crippen LogP contribution in [0.25, 0.3) is 66.4 Å². The molecule has 0 saturated heterocycles. The van der Waals surface area contributed by atoms with Crippen molar-refractivity contribution in [2.45, 2.75) is 37.3 Å². The Hall–Kier alpha value is -12.4. The van der Waals surface area contributed by atoms with Gasteiger partial charge in [0.15, 0.2) is 23.1 Å². The predicted molar refractivity (Wildman–Crippen MR) is 392 cm³/mol. The molecular weight excluding hydrogens is 1310 g/mol. The van der Waals surface area contributed by atoms with E-state index in [9.17, 15) is 19.2 Å². The van der Waals surface area contributed by atoms with Gasteiger partial charge in [-0.2, -0.15) is 0 Å². The lowest BCUT2D eigenvalue weighted by molar-refractivity contribution is -0.166. The number of carbonyl (C=O) groups is 8. The van der Waals surface area contributed by atoms with Gasteiger partial charge in [0.2, 0.25) is 10.8 Å². The zero-order chi connectivity index (χ0) is 69.1. The number of ketones is 4. The fourth-order valence-corrected chi connectivity index (χ4v) is 17.8. The Morgan fingerprint density at radius 3 is 0.863 bits per heavy atom. The number of hydrogen-bond acceptors (Lipinski definition) is 14. The van der Waals surface area contributed by atoms with Crippen LogP contribution in [0.5, 0.6) is 0 Å². The quantitative estimate of drug-likeness (QED) is 0.0252. The summed E-state index contributed by atoms with van der Waals surface area (Å²) in [6.07, 6.45) is 10.6. The number of carbonyl (C=O) groups excluding carboxylic acids is 8. The molecule has 12 aromatic rings. The maximum atomic E-state index is 16.0. The average molecular weight is 1370 g/mol. The van der Waals surface area contributed by atoms with Crippen LogP contribution in [0.1, 0.15) is 94.3 Å². The Morgan fingerprint density at radius 1 is 0.324 bits per heavy atom. The Bertz CT molecular complexity index is 5310. The highest BCUT2D eigenvalue weighted by Gasteiger charge is 2.64. The molecule has 0 spiro atoms. The summed E-state index contributed by atoms with van der Waals surface area (Å²) in [5, 5.41) is 7.11. The molecule has 490 valence electrons. The fraction of sp³-hybridized carbons (Fsp3) is 0.0909. The van der Waals surface area contributed by atoms with Crippen molar-refractivity contribution in [3.63, 3.8) is 0 Å². The third-order valence-electron chi connectivity index (χ3n) is 20.4. The first-order chi connectivity index (χ1) is 49.8.